The summed E-state index contributed by atoms with van der Waals surface area (Å²) in [4.78, 5) is 11.9. The Morgan fingerprint density at radius 1 is 1.12 bits per heavy atom. The van der Waals surface area contributed by atoms with E-state index in [1.54, 1.807) is 12.1 Å². The Morgan fingerprint density at radius 2 is 1.88 bits per heavy atom. The van der Waals surface area contributed by atoms with Gasteiger partial charge in [0.05, 0.1) is 5.69 Å². The minimum atomic E-state index is -0.574. The number of amides is 2. The molecule has 0 saturated heterocycles. The zero-order chi connectivity index (χ0) is 17.6. The van der Waals surface area contributed by atoms with E-state index in [0.29, 0.717) is 15.9 Å². The standard InChI is InChI=1S/C16H12ClFN4OS2/c17-11-7-5-10(6-8-11)9-24-16-22-21-15(25-16)20-14(23)19-13-4-2-1-3-12(13)18/h1-8H,9H2,(H2,19,20,21,23). The molecule has 3 aromatic rings. The number of hydrogen-bond donors (Lipinski definition) is 2. The second-order valence-corrected chi connectivity index (χ2v) is 7.48. The summed E-state index contributed by atoms with van der Waals surface area (Å²) in [5.74, 6) is 0.210. The highest BCUT2D eigenvalue weighted by molar-refractivity contribution is 8.00. The summed E-state index contributed by atoms with van der Waals surface area (Å²) in [7, 11) is 0. The lowest BCUT2D eigenvalue weighted by atomic mass is 10.2. The van der Waals surface area contributed by atoms with Crippen molar-refractivity contribution in [1.29, 1.82) is 0 Å². The first-order chi connectivity index (χ1) is 12.1. The van der Waals surface area contributed by atoms with Gasteiger partial charge in [0.15, 0.2) is 4.34 Å². The van der Waals surface area contributed by atoms with Gasteiger partial charge >= 0.3 is 6.03 Å². The number of carbonyl (C=O) groups excluding carboxylic acids is 1. The second kappa shape index (κ2) is 8.28. The fourth-order valence-corrected chi connectivity index (χ4v) is 3.69. The SMILES string of the molecule is O=C(Nc1nnc(SCc2ccc(Cl)cc2)s1)Nc1ccccc1F. The molecule has 0 saturated carbocycles. The number of thioether (sulfide) groups is 1. The Labute approximate surface area is 156 Å². The van der Waals surface area contributed by atoms with Gasteiger partial charge in [-0.05, 0) is 29.8 Å². The first-order valence-electron chi connectivity index (χ1n) is 7.13. The summed E-state index contributed by atoms with van der Waals surface area (Å²) in [6.45, 7) is 0. The van der Waals surface area contributed by atoms with E-state index in [4.69, 9.17) is 11.6 Å². The number of halogens is 2. The van der Waals surface area contributed by atoms with Gasteiger partial charge in [-0.3, -0.25) is 5.32 Å². The third-order valence-electron chi connectivity index (χ3n) is 3.02. The van der Waals surface area contributed by atoms with Gasteiger partial charge < -0.3 is 5.32 Å². The van der Waals surface area contributed by atoms with Crippen molar-refractivity contribution in [3.05, 3.63) is 64.9 Å². The molecule has 0 fully saturated rings. The van der Waals surface area contributed by atoms with Gasteiger partial charge in [-0.15, -0.1) is 10.2 Å². The lowest BCUT2D eigenvalue weighted by Gasteiger charge is -2.05. The lowest BCUT2D eigenvalue weighted by molar-refractivity contribution is 0.262. The van der Waals surface area contributed by atoms with Gasteiger partial charge in [-0.25, -0.2) is 9.18 Å². The molecule has 0 radical (unpaired) electrons. The number of carbonyl (C=O) groups is 1. The van der Waals surface area contributed by atoms with E-state index in [2.05, 4.69) is 20.8 Å². The number of hydrogen-bond acceptors (Lipinski definition) is 5. The number of benzene rings is 2. The van der Waals surface area contributed by atoms with Crippen molar-refractivity contribution < 1.29 is 9.18 Å². The average molecular weight is 395 g/mol. The normalized spacial score (nSPS) is 10.5. The van der Waals surface area contributed by atoms with Crippen LogP contribution in [0.5, 0.6) is 0 Å². The summed E-state index contributed by atoms with van der Waals surface area (Å²) in [5, 5.41) is 13.9. The van der Waals surface area contributed by atoms with Crippen LogP contribution in [0.25, 0.3) is 0 Å². The summed E-state index contributed by atoms with van der Waals surface area (Å²) in [6.07, 6.45) is 0. The molecule has 0 aliphatic heterocycles. The van der Waals surface area contributed by atoms with Crippen LogP contribution in [0.1, 0.15) is 5.56 Å². The second-order valence-electron chi connectivity index (χ2n) is 4.85. The highest BCUT2D eigenvalue weighted by Crippen LogP contribution is 2.28. The molecule has 1 aromatic heterocycles. The summed E-state index contributed by atoms with van der Waals surface area (Å²) < 4.78 is 14.2. The molecule has 2 aromatic carbocycles. The number of para-hydroxylation sites is 1. The van der Waals surface area contributed by atoms with Crippen LogP contribution >= 0.6 is 34.7 Å². The first-order valence-corrected chi connectivity index (χ1v) is 9.31. The van der Waals surface area contributed by atoms with Crippen molar-refractivity contribution in [2.24, 2.45) is 0 Å². The molecule has 2 amide bonds. The van der Waals surface area contributed by atoms with Crippen LogP contribution in [0.2, 0.25) is 5.02 Å². The lowest BCUT2D eigenvalue weighted by Crippen LogP contribution is -2.19. The molecule has 0 spiro atoms. The van der Waals surface area contributed by atoms with E-state index in [1.807, 2.05) is 24.3 Å². The number of nitrogens with one attached hydrogen (secondary N) is 2. The van der Waals surface area contributed by atoms with Crippen molar-refractivity contribution in [3.8, 4) is 0 Å². The van der Waals surface area contributed by atoms with Crippen molar-refractivity contribution in [1.82, 2.24) is 10.2 Å². The van der Waals surface area contributed by atoms with Gasteiger partial charge in [-0.1, -0.05) is 59.0 Å². The van der Waals surface area contributed by atoms with Crippen LogP contribution in [-0.4, -0.2) is 16.2 Å². The minimum Gasteiger partial charge on any atom is -0.305 e. The van der Waals surface area contributed by atoms with Crippen molar-refractivity contribution in [2.75, 3.05) is 10.6 Å². The monoisotopic (exact) mass is 394 g/mol. The van der Waals surface area contributed by atoms with Gasteiger partial charge in [0.25, 0.3) is 0 Å². The van der Waals surface area contributed by atoms with Crippen LogP contribution < -0.4 is 10.6 Å². The zero-order valence-corrected chi connectivity index (χ0v) is 15.1. The van der Waals surface area contributed by atoms with Gasteiger partial charge in [0.1, 0.15) is 5.82 Å². The molecular weight excluding hydrogens is 383 g/mol. The zero-order valence-electron chi connectivity index (χ0n) is 12.7. The quantitative estimate of drug-likeness (QED) is 0.457. The molecule has 128 valence electrons. The van der Waals surface area contributed by atoms with E-state index in [-0.39, 0.29) is 5.69 Å². The molecule has 5 nitrogen and oxygen atoms in total. The minimum absolute atomic E-state index is 0.0989. The molecule has 2 N–H and O–H groups in total. The molecule has 3 rings (SSSR count). The maximum Gasteiger partial charge on any atom is 0.325 e. The molecule has 25 heavy (non-hydrogen) atoms. The van der Waals surface area contributed by atoms with Gasteiger partial charge in [0, 0.05) is 10.8 Å². The fraction of sp³-hybridized carbons (Fsp3) is 0.0625. The topological polar surface area (TPSA) is 66.9 Å². The van der Waals surface area contributed by atoms with E-state index in [1.165, 1.54) is 35.2 Å². The van der Waals surface area contributed by atoms with Crippen molar-refractivity contribution >= 4 is 51.5 Å². The molecule has 0 atom stereocenters. The summed E-state index contributed by atoms with van der Waals surface area (Å²) in [5.41, 5.74) is 1.21. The van der Waals surface area contributed by atoms with E-state index < -0.39 is 11.8 Å². The largest absolute Gasteiger partial charge is 0.325 e. The number of anilines is 2. The van der Waals surface area contributed by atoms with E-state index in [9.17, 15) is 9.18 Å². The predicted molar refractivity (Wildman–Crippen MR) is 100.0 cm³/mol. The highest BCUT2D eigenvalue weighted by Gasteiger charge is 2.10. The number of rotatable bonds is 5. The highest BCUT2D eigenvalue weighted by atomic mass is 35.5. The maximum absolute atomic E-state index is 13.5. The van der Waals surface area contributed by atoms with Gasteiger partial charge in [0.2, 0.25) is 5.13 Å². The van der Waals surface area contributed by atoms with Crippen LogP contribution in [0, 0.1) is 5.82 Å². The number of nitrogens with zero attached hydrogens (tertiary/aromatic N) is 2. The molecular formula is C16H12ClFN4OS2. The third-order valence-corrected chi connectivity index (χ3v) is 5.32. The molecule has 9 heteroatoms. The van der Waals surface area contributed by atoms with Gasteiger partial charge in [-0.2, -0.15) is 0 Å². The first kappa shape index (κ1) is 17.7. The van der Waals surface area contributed by atoms with E-state index >= 15 is 0 Å². The Bertz CT molecular complexity index is 873. The van der Waals surface area contributed by atoms with Crippen LogP contribution in [0.15, 0.2) is 52.9 Å². The smallest absolute Gasteiger partial charge is 0.305 e. The molecule has 0 unspecified atom stereocenters. The average Bonchev–Trinajstić information content (AvgIpc) is 3.04. The number of aromatic nitrogens is 2. The van der Waals surface area contributed by atoms with Crippen LogP contribution in [0.4, 0.5) is 20.0 Å². The Hall–Kier alpha value is -2.16. The summed E-state index contributed by atoms with van der Waals surface area (Å²) >= 11 is 8.60. The molecule has 0 aliphatic carbocycles. The predicted octanol–water partition coefficient (Wildman–Crippen LogP) is 5.27. The maximum atomic E-state index is 13.5. The van der Waals surface area contributed by atoms with E-state index in [0.717, 1.165) is 9.90 Å². The van der Waals surface area contributed by atoms with Crippen molar-refractivity contribution in [2.45, 2.75) is 10.1 Å². The fourth-order valence-electron chi connectivity index (χ4n) is 1.86. The molecule has 0 aliphatic rings. The summed E-state index contributed by atoms with van der Waals surface area (Å²) in [6, 6.07) is 12.9. The van der Waals surface area contributed by atoms with Crippen LogP contribution in [-0.2, 0) is 5.75 Å². The molecule has 0 bridgehead atoms. The third kappa shape index (κ3) is 5.15. The molecule has 1 heterocycles. The Morgan fingerprint density at radius 3 is 2.64 bits per heavy atom. The van der Waals surface area contributed by atoms with Crippen molar-refractivity contribution in [3.63, 3.8) is 0 Å². The number of urea groups is 1. The Balaban J connectivity index is 1.53. The van der Waals surface area contributed by atoms with Crippen LogP contribution in [0.3, 0.4) is 0 Å². The Kier molecular flexibility index (Phi) is 5.85.